The monoisotopic (exact) mass is 451 g/mol. The number of amides is 1. The first-order valence-electron chi connectivity index (χ1n) is 10.9. The number of nitrogens with zero attached hydrogens (tertiary/aromatic N) is 6. The third kappa shape index (κ3) is 4.69. The van der Waals surface area contributed by atoms with Crippen LogP contribution < -0.4 is 19.7 Å². The third-order valence-electron chi connectivity index (χ3n) is 5.68. The van der Waals surface area contributed by atoms with Crippen LogP contribution >= 0.6 is 0 Å². The second-order valence-electron chi connectivity index (χ2n) is 7.69. The van der Waals surface area contributed by atoms with Crippen molar-refractivity contribution >= 4 is 17.5 Å². The molecule has 1 aromatic carbocycles. The van der Waals surface area contributed by atoms with Gasteiger partial charge in [0.05, 0.1) is 19.9 Å². The van der Waals surface area contributed by atoms with E-state index >= 15 is 0 Å². The van der Waals surface area contributed by atoms with Crippen molar-refractivity contribution in [1.29, 1.82) is 0 Å². The Morgan fingerprint density at radius 1 is 1.03 bits per heavy atom. The Morgan fingerprint density at radius 3 is 2.45 bits per heavy atom. The Hall–Kier alpha value is -3.82. The molecule has 0 aliphatic carbocycles. The van der Waals surface area contributed by atoms with E-state index < -0.39 is 0 Å². The van der Waals surface area contributed by atoms with Crippen LogP contribution in [0.4, 0.5) is 11.6 Å². The molecule has 1 N–H and O–H groups in total. The molecule has 2 aromatic heterocycles. The highest BCUT2D eigenvalue weighted by Crippen LogP contribution is 2.33. The number of piperazine rings is 1. The maximum atomic E-state index is 13.3. The summed E-state index contributed by atoms with van der Waals surface area (Å²) in [5.41, 5.74) is 1.96. The average molecular weight is 452 g/mol. The van der Waals surface area contributed by atoms with Gasteiger partial charge in [0.2, 0.25) is 0 Å². The van der Waals surface area contributed by atoms with E-state index in [4.69, 9.17) is 9.47 Å². The molecule has 1 saturated heterocycles. The molecule has 3 aromatic rings. The van der Waals surface area contributed by atoms with Gasteiger partial charge in [-0.3, -0.25) is 9.48 Å². The lowest BCUT2D eigenvalue weighted by molar-refractivity contribution is 0.0735. The highest BCUT2D eigenvalue weighted by Gasteiger charge is 2.26. The molecular formula is C23H29N7O3. The van der Waals surface area contributed by atoms with E-state index in [0.29, 0.717) is 49.1 Å². The van der Waals surface area contributed by atoms with Crippen LogP contribution in [0.3, 0.4) is 0 Å². The predicted molar refractivity (Wildman–Crippen MR) is 126 cm³/mol. The number of carbonyl (C=O) groups is 1. The Balaban J connectivity index is 1.46. The van der Waals surface area contributed by atoms with E-state index in [-0.39, 0.29) is 5.91 Å². The Labute approximate surface area is 193 Å². The first-order valence-corrected chi connectivity index (χ1v) is 10.9. The summed E-state index contributed by atoms with van der Waals surface area (Å²) in [4.78, 5) is 17.2. The van der Waals surface area contributed by atoms with Crippen molar-refractivity contribution < 1.29 is 14.3 Å². The van der Waals surface area contributed by atoms with Gasteiger partial charge >= 0.3 is 0 Å². The molecule has 0 unspecified atom stereocenters. The largest absolute Gasteiger partial charge is 0.497 e. The second-order valence-corrected chi connectivity index (χ2v) is 7.69. The van der Waals surface area contributed by atoms with Gasteiger partial charge in [0.15, 0.2) is 5.82 Å². The van der Waals surface area contributed by atoms with Gasteiger partial charge in [-0.05, 0) is 43.3 Å². The number of aromatic nitrogens is 4. The summed E-state index contributed by atoms with van der Waals surface area (Å²) in [6.07, 6.45) is 0. The Kier molecular flexibility index (Phi) is 6.62. The molecule has 1 fully saturated rings. The lowest BCUT2D eigenvalue weighted by Gasteiger charge is -2.35. The molecule has 0 spiro atoms. The van der Waals surface area contributed by atoms with Crippen molar-refractivity contribution in [2.75, 3.05) is 57.2 Å². The first kappa shape index (κ1) is 22.4. The molecule has 33 heavy (non-hydrogen) atoms. The zero-order valence-electron chi connectivity index (χ0n) is 19.4. The van der Waals surface area contributed by atoms with Crippen molar-refractivity contribution in [2.45, 2.75) is 6.92 Å². The third-order valence-corrected chi connectivity index (χ3v) is 5.68. The molecule has 3 heterocycles. The van der Waals surface area contributed by atoms with Crippen molar-refractivity contribution in [3.05, 3.63) is 42.1 Å². The molecule has 0 atom stereocenters. The maximum absolute atomic E-state index is 13.3. The van der Waals surface area contributed by atoms with E-state index in [0.717, 1.165) is 23.7 Å². The molecule has 0 bridgehead atoms. The zero-order chi connectivity index (χ0) is 23.4. The summed E-state index contributed by atoms with van der Waals surface area (Å²) >= 11 is 0. The number of benzene rings is 1. The summed E-state index contributed by atoms with van der Waals surface area (Å²) in [6.45, 7) is 5.39. The van der Waals surface area contributed by atoms with Crippen LogP contribution in [0.5, 0.6) is 11.5 Å². The molecule has 1 amide bonds. The molecule has 4 rings (SSSR count). The fourth-order valence-electron chi connectivity index (χ4n) is 3.88. The summed E-state index contributed by atoms with van der Waals surface area (Å²) in [5, 5.41) is 16.2. The van der Waals surface area contributed by atoms with Gasteiger partial charge in [-0.25, -0.2) is 0 Å². The Bertz CT molecular complexity index is 1110. The maximum Gasteiger partial charge on any atom is 0.272 e. The number of methoxy groups -OCH3 is 2. The number of aryl methyl sites for hydroxylation is 1. The molecule has 10 nitrogen and oxygen atoms in total. The van der Waals surface area contributed by atoms with Crippen LogP contribution in [0.1, 0.15) is 17.4 Å². The number of hydrogen-bond acceptors (Lipinski definition) is 8. The molecule has 174 valence electrons. The summed E-state index contributed by atoms with van der Waals surface area (Å²) < 4.78 is 12.4. The van der Waals surface area contributed by atoms with E-state index in [2.05, 4.69) is 25.5 Å². The smallest absolute Gasteiger partial charge is 0.272 e. The van der Waals surface area contributed by atoms with Crippen LogP contribution in [0, 0.1) is 0 Å². The van der Waals surface area contributed by atoms with Gasteiger partial charge in [0.1, 0.15) is 23.0 Å². The number of nitrogens with one attached hydrogen (secondary N) is 1. The fourth-order valence-corrected chi connectivity index (χ4v) is 3.88. The Morgan fingerprint density at radius 2 is 1.82 bits per heavy atom. The summed E-state index contributed by atoms with van der Waals surface area (Å²) in [7, 11) is 5.00. The quantitative estimate of drug-likeness (QED) is 0.584. The number of ether oxygens (including phenoxy) is 2. The molecule has 0 saturated carbocycles. The zero-order valence-corrected chi connectivity index (χ0v) is 19.4. The van der Waals surface area contributed by atoms with Crippen molar-refractivity contribution in [2.24, 2.45) is 7.05 Å². The lowest BCUT2D eigenvalue weighted by atomic mass is 10.1. The van der Waals surface area contributed by atoms with E-state index in [1.165, 1.54) is 0 Å². The van der Waals surface area contributed by atoms with Crippen molar-refractivity contribution in [3.8, 4) is 22.8 Å². The molecule has 10 heteroatoms. The van der Waals surface area contributed by atoms with Gasteiger partial charge < -0.3 is 24.6 Å². The normalized spacial score (nSPS) is 13.7. The molecule has 0 radical (unpaired) electrons. The topological polar surface area (TPSA) is 97.6 Å². The average Bonchev–Trinajstić information content (AvgIpc) is 3.25. The highest BCUT2D eigenvalue weighted by molar-refractivity contribution is 5.94. The first-order chi connectivity index (χ1) is 16.0. The fraction of sp³-hybridized carbons (Fsp3) is 0.391. The SMILES string of the molecule is CCNc1ccc(N2CCN(C(=O)c3cc(-c4cc(OC)ccc4OC)nn3C)CC2)nn1. The summed E-state index contributed by atoms with van der Waals surface area (Å²) in [6, 6.07) is 11.2. The second kappa shape index (κ2) is 9.76. The minimum absolute atomic E-state index is 0.0497. The van der Waals surface area contributed by atoms with E-state index in [9.17, 15) is 4.79 Å². The number of rotatable bonds is 7. The van der Waals surface area contributed by atoms with Gasteiger partial charge in [0.25, 0.3) is 5.91 Å². The standard InChI is InChI=1S/C23H29N7O3/c1-5-24-21-8-9-22(26-25-21)29-10-12-30(13-11-29)23(31)19-15-18(27-28(19)2)17-14-16(32-3)6-7-20(17)33-4/h6-9,14-15H,5,10-13H2,1-4H3,(H,24,25). The molecular weight excluding hydrogens is 422 g/mol. The van der Waals surface area contributed by atoms with E-state index in [1.807, 2.05) is 42.2 Å². The van der Waals surface area contributed by atoms with Crippen molar-refractivity contribution in [3.63, 3.8) is 0 Å². The minimum atomic E-state index is -0.0497. The number of anilines is 2. The highest BCUT2D eigenvalue weighted by atomic mass is 16.5. The van der Waals surface area contributed by atoms with Crippen LogP contribution in [0.15, 0.2) is 36.4 Å². The van der Waals surface area contributed by atoms with Crippen LogP contribution in [0.25, 0.3) is 11.3 Å². The lowest BCUT2D eigenvalue weighted by Crippen LogP contribution is -2.49. The summed E-state index contributed by atoms with van der Waals surface area (Å²) in [5.74, 6) is 2.89. The molecule has 1 aliphatic heterocycles. The predicted octanol–water partition coefficient (Wildman–Crippen LogP) is 2.29. The van der Waals surface area contributed by atoms with E-state index in [1.54, 1.807) is 32.0 Å². The van der Waals surface area contributed by atoms with Crippen LogP contribution in [0.2, 0.25) is 0 Å². The van der Waals surface area contributed by atoms with Gasteiger partial charge in [-0.1, -0.05) is 0 Å². The van der Waals surface area contributed by atoms with Gasteiger partial charge in [-0.15, -0.1) is 10.2 Å². The number of hydrogen-bond donors (Lipinski definition) is 1. The van der Waals surface area contributed by atoms with Crippen LogP contribution in [-0.4, -0.2) is 77.7 Å². The minimum Gasteiger partial charge on any atom is -0.497 e. The number of carbonyl (C=O) groups excluding carboxylic acids is 1. The van der Waals surface area contributed by atoms with Crippen molar-refractivity contribution in [1.82, 2.24) is 24.9 Å². The van der Waals surface area contributed by atoms with Gasteiger partial charge in [0, 0.05) is 45.3 Å². The van der Waals surface area contributed by atoms with Gasteiger partial charge in [-0.2, -0.15) is 5.10 Å². The van der Waals surface area contributed by atoms with Crippen LogP contribution in [-0.2, 0) is 7.05 Å². The molecule has 1 aliphatic rings.